The van der Waals surface area contributed by atoms with Gasteiger partial charge in [0.25, 0.3) is 0 Å². The summed E-state index contributed by atoms with van der Waals surface area (Å²) in [6, 6.07) is 5.55. The molecule has 3 rings (SSSR count). The molecule has 2 atom stereocenters. The standard InChI is InChI=1S/C16H23N3O2/c1-16(2)13-8-17-7-11(13)9-19(16)10-12-5-4-6-14(18-12)15(20)21-3/h4-6,11,13,17H,7-10H2,1-3H3. The van der Waals surface area contributed by atoms with Gasteiger partial charge in [0.15, 0.2) is 0 Å². The van der Waals surface area contributed by atoms with E-state index in [1.165, 1.54) is 7.11 Å². The minimum atomic E-state index is -0.376. The number of ether oxygens (including phenoxy) is 1. The van der Waals surface area contributed by atoms with Crippen LogP contribution in [0.2, 0.25) is 0 Å². The van der Waals surface area contributed by atoms with Gasteiger partial charge in [-0.1, -0.05) is 6.07 Å². The molecular weight excluding hydrogens is 266 g/mol. The number of carbonyl (C=O) groups is 1. The molecular formula is C16H23N3O2. The topological polar surface area (TPSA) is 54.5 Å². The molecule has 0 amide bonds. The fourth-order valence-electron chi connectivity index (χ4n) is 3.75. The van der Waals surface area contributed by atoms with Gasteiger partial charge >= 0.3 is 5.97 Å². The number of nitrogens with zero attached hydrogens (tertiary/aromatic N) is 2. The number of esters is 1. The highest BCUT2D eigenvalue weighted by molar-refractivity contribution is 5.87. The van der Waals surface area contributed by atoms with Crippen LogP contribution in [0.1, 0.15) is 30.0 Å². The van der Waals surface area contributed by atoms with Crippen molar-refractivity contribution >= 4 is 5.97 Å². The summed E-state index contributed by atoms with van der Waals surface area (Å²) in [6.45, 7) is 8.72. The van der Waals surface area contributed by atoms with Gasteiger partial charge < -0.3 is 10.1 Å². The first-order valence-electron chi connectivity index (χ1n) is 7.52. The van der Waals surface area contributed by atoms with Gasteiger partial charge in [-0.3, -0.25) is 4.90 Å². The smallest absolute Gasteiger partial charge is 0.356 e. The summed E-state index contributed by atoms with van der Waals surface area (Å²) in [5.41, 5.74) is 1.48. The van der Waals surface area contributed by atoms with Crippen LogP contribution in [-0.2, 0) is 11.3 Å². The summed E-state index contributed by atoms with van der Waals surface area (Å²) in [7, 11) is 1.38. The normalized spacial score (nSPS) is 27.6. The molecule has 2 unspecified atom stereocenters. The third-order valence-corrected chi connectivity index (χ3v) is 5.07. The number of aromatic nitrogens is 1. The highest BCUT2D eigenvalue weighted by atomic mass is 16.5. The first kappa shape index (κ1) is 14.5. The van der Waals surface area contributed by atoms with Crippen molar-refractivity contribution in [1.29, 1.82) is 0 Å². The maximum Gasteiger partial charge on any atom is 0.356 e. The van der Waals surface area contributed by atoms with E-state index in [1.54, 1.807) is 6.07 Å². The molecule has 3 heterocycles. The molecule has 5 heteroatoms. The van der Waals surface area contributed by atoms with E-state index in [9.17, 15) is 4.79 Å². The van der Waals surface area contributed by atoms with E-state index in [1.807, 2.05) is 12.1 Å². The van der Waals surface area contributed by atoms with E-state index >= 15 is 0 Å². The summed E-state index contributed by atoms with van der Waals surface area (Å²) in [5.74, 6) is 1.05. The van der Waals surface area contributed by atoms with Crippen LogP contribution in [0.15, 0.2) is 18.2 Å². The van der Waals surface area contributed by atoms with Crippen molar-refractivity contribution in [2.75, 3.05) is 26.7 Å². The van der Waals surface area contributed by atoms with Gasteiger partial charge in [-0.05, 0) is 44.4 Å². The minimum absolute atomic E-state index is 0.164. The molecule has 21 heavy (non-hydrogen) atoms. The highest BCUT2D eigenvalue weighted by Crippen LogP contribution is 2.41. The Kier molecular flexibility index (Phi) is 3.71. The van der Waals surface area contributed by atoms with E-state index in [4.69, 9.17) is 4.74 Å². The van der Waals surface area contributed by atoms with Crippen molar-refractivity contribution in [1.82, 2.24) is 15.2 Å². The predicted octanol–water partition coefficient (Wildman–Crippen LogP) is 1.30. The van der Waals surface area contributed by atoms with E-state index in [2.05, 4.69) is 29.0 Å². The Hall–Kier alpha value is -1.46. The lowest BCUT2D eigenvalue weighted by molar-refractivity contribution is 0.0593. The first-order valence-corrected chi connectivity index (χ1v) is 7.52. The quantitative estimate of drug-likeness (QED) is 0.850. The van der Waals surface area contributed by atoms with Gasteiger partial charge in [0.05, 0.1) is 12.8 Å². The Morgan fingerprint density at radius 3 is 3.00 bits per heavy atom. The number of rotatable bonds is 3. The number of hydrogen-bond acceptors (Lipinski definition) is 5. The zero-order chi connectivity index (χ0) is 15.0. The zero-order valence-corrected chi connectivity index (χ0v) is 12.9. The molecule has 2 aliphatic heterocycles. The fraction of sp³-hybridized carbons (Fsp3) is 0.625. The van der Waals surface area contributed by atoms with E-state index in [-0.39, 0.29) is 11.5 Å². The molecule has 1 aromatic heterocycles. The molecule has 0 radical (unpaired) electrons. The molecule has 1 aromatic rings. The van der Waals surface area contributed by atoms with Crippen LogP contribution in [0.5, 0.6) is 0 Å². The van der Waals surface area contributed by atoms with Crippen molar-refractivity contribution in [3.8, 4) is 0 Å². The third-order valence-electron chi connectivity index (χ3n) is 5.07. The third kappa shape index (κ3) is 2.56. The minimum Gasteiger partial charge on any atom is -0.464 e. The Morgan fingerprint density at radius 2 is 2.29 bits per heavy atom. The maximum absolute atomic E-state index is 11.6. The van der Waals surface area contributed by atoms with Crippen molar-refractivity contribution in [3.05, 3.63) is 29.6 Å². The van der Waals surface area contributed by atoms with Crippen molar-refractivity contribution in [2.45, 2.75) is 25.9 Å². The summed E-state index contributed by atoms with van der Waals surface area (Å²) in [5, 5.41) is 3.49. The lowest BCUT2D eigenvalue weighted by atomic mass is 9.85. The number of carbonyl (C=O) groups excluding carboxylic acids is 1. The van der Waals surface area contributed by atoms with Gasteiger partial charge in [-0.2, -0.15) is 0 Å². The Labute approximate surface area is 125 Å². The molecule has 0 spiro atoms. The van der Waals surface area contributed by atoms with Gasteiger partial charge in [0.1, 0.15) is 5.69 Å². The van der Waals surface area contributed by atoms with Gasteiger partial charge in [-0.15, -0.1) is 0 Å². The van der Waals surface area contributed by atoms with Crippen LogP contribution >= 0.6 is 0 Å². The first-order chi connectivity index (χ1) is 10.0. The molecule has 5 nitrogen and oxygen atoms in total. The largest absolute Gasteiger partial charge is 0.464 e. The molecule has 0 bridgehead atoms. The van der Waals surface area contributed by atoms with Crippen LogP contribution in [0.3, 0.4) is 0 Å². The summed E-state index contributed by atoms with van der Waals surface area (Å²) >= 11 is 0. The van der Waals surface area contributed by atoms with Gasteiger partial charge in [-0.25, -0.2) is 9.78 Å². The Morgan fingerprint density at radius 1 is 1.48 bits per heavy atom. The van der Waals surface area contributed by atoms with Crippen LogP contribution in [0, 0.1) is 11.8 Å². The monoisotopic (exact) mass is 289 g/mol. The predicted molar refractivity (Wildman–Crippen MR) is 79.9 cm³/mol. The molecule has 0 aromatic carbocycles. The van der Waals surface area contributed by atoms with E-state index in [0.717, 1.165) is 37.8 Å². The highest BCUT2D eigenvalue weighted by Gasteiger charge is 2.49. The molecule has 114 valence electrons. The summed E-state index contributed by atoms with van der Waals surface area (Å²) in [6.07, 6.45) is 0. The lowest BCUT2D eigenvalue weighted by Gasteiger charge is -2.35. The maximum atomic E-state index is 11.6. The molecule has 0 saturated carbocycles. The zero-order valence-electron chi connectivity index (χ0n) is 12.9. The van der Waals surface area contributed by atoms with Crippen molar-refractivity contribution in [3.63, 3.8) is 0 Å². The van der Waals surface area contributed by atoms with Crippen molar-refractivity contribution in [2.24, 2.45) is 11.8 Å². The molecule has 2 aliphatic rings. The fourth-order valence-corrected chi connectivity index (χ4v) is 3.75. The Bertz CT molecular complexity index is 544. The number of hydrogen-bond donors (Lipinski definition) is 1. The molecule has 1 N–H and O–H groups in total. The molecule has 2 saturated heterocycles. The van der Waals surface area contributed by atoms with E-state index in [0.29, 0.717) is 11.6 Å². The second-order valence-corrected chi connectivity index (χ2v) is 6.56. The number of pyridine rings is 1. The number of methoxy groups -OCH3 is 1. The molecule has 0 aliphatic carbocycles. The van der Waals surface area contributed by atoms with Crippen LogP contribution in [0.25, 0.3) is 0 Å². The number of nitrogens with one attached hydrogen (secondary N) is 1. The van der Waals surface area contributed by atoms with Crippen LogP contribution in [0.4, 0.5) is 0 Å². The number of fused-ring (bicyclic) bond motifs is 1. The van der Waals surface area contributed by atoms with E-state index < -0.39 is 0 Å². The lowest BCUT2D eigenvalue weighted by Crippen LogP contribution is -2.44. The van der Waals surface area contributed by atoms with Gasteiger partial charge in [0.2, 0.25) is 0 Å². The average molecular weight is 289 g/mol. The van der Waals surface area contributed by atoms with Crippen molar-refractivity contribution < 1.29 is 9.53 Å². The Balaban J connectivity index is 1.76. The second kappa shape index (κ2) is 5.39. The average Bonchev–Trinajstić information content (AvgIpc) is 3.02. The summed E-state index contributed by atoms with van der Waals surface area (Å²) < 4.78 is 4.74. The second-order valence-electron chi connectivity index (χ2n) is 6.56. The molecule has 2 fully saturated rings. The van der Waals surface area contributed by atoms with Crippen LogP contribution in [-0.4, -0.2) is 48.1 Å². The number of likely N-dealkylation sites (tertiary alicyclic amines) is 1. The van der Waals surface area contributed by atoms with Gasteiger partial charge in [0, 0.05) is 25.2 Å². The summed E-state index contributed by atoms with van der Waals surface area (Å²) in [4.78, 5) is 18.5. The SMILES string of the molecule is COC(=O)c1cccc(CN2CC3CNCC3C2(C)C)n1. The van der Waals surface area contributed by atoms with Crippen LogP contribution < -0.4 is 5.32 Å².